The molecule has 0 aromatic heterocycles. The molecular weight excluding hydrogens is 418 g/mol. The normalized spacial score (nSPS) is 17.0. The Labute approximate surface area is 151 Å². The molecule has 0 saturated carbocycles. The summed E-state index contributed by atoms with van der Waals surface area (Å²) in [7, 11) is 0. The first-order chi connectivity index (χ1) is 10.8. The fourth-order valence-corrected chi connectivity index (χ4v) is 2.62. The minimum absolute atomic E-state index is 0. The highest BCUT2D eigenvalue weighted by atomic mass is 79.9. The summed E-state index contributed by atoms with van der Waals surface area (Å²) in [6.45, 7) is 0.886. The third-order valence-corrected chi connectivity index (χ3v) is 4.25. The lowest BCUT2D eigenvalue weighted by Crippen LogP contribution is -2.57. The third kappa shape index (κ3) is 5.58. The van der Waals surface area contributed by atoms with E-state index in [0.717, 1.165) is 6.07 Å². The van der Waals surface area contributed by atoms with Crippen molar-refractivity contribution in [3.63, 3.8) is 0 Å². The molecule has 2 rings (SSSR count). The number of nitrogens with zero attached hydrogens (tertiary/aromatic N) is 1. The number of rotatable bonds is 4. The van der Waals surface area contributed by atoms with Gasteiger partial charge in [0.2, 0.25) is 0 Å². The van der Waals surface area contributed by atoms with Crippen molar-refractivity contribution < 1.29 is 22.4 Å². The van der Waals surface area contributed by atoms with Crippen molar-refractivity contribution in [3.05, 3.63) is 34.1 Å². The number of carbonyl (C=O) groups excluding carboxylic acids is 1. The molecule has 0 bridgehead atoms. The first kappa shape index (κ1) is 21.1. The number of benzene rings is 1. The predicted octanol–water partition coefficient (Wildman–Crippen LogP) is 2.58. The molecule has 0 radical (unpaired) electrons. The van der Waals surface area contributed by atoms with Crippen molar-refractivity contribution in [1.29, 1.82) is 0 Å². The molecule has 0 aliphatic carbocycles. The minimum atomic E-state index is -4.45. The molecule has 1 aromatic carbocycles. The van der Waals surface area contributed by atoms with Gasteiger partial charge < -0.3 is 10.6 Å². The van der Waals surface area contributed by atoms with E-state index < -0.39 is 30.5 Å². The van der Waals surface area contributed by atoms with Gasteiger partial charge in [-0.05, 0) is 34.1 Å². The molecule has 1 fully saturated rings. The van der Waals surface area contributed by atoms with Gasteiger partial charge in [-0.3, -0.25) is 9.69 Å². The van der Waals surface area contributed by atoms with Crippen LogP contribution in [0.25, 0.3) is 0 Å². The zero-order valence-corrected chi connectivity index (χ0v) is 14.9. The summed E-state index contributed by atoms with van der Waals surface area (Å²) in [5.74, 6) is -1.38. The summed E-state index contributed by atoms with van der Waals surface area (Å²) in [5, 5.41) is 5.23. The lowest BCUT2D eigenvalue weighted by atomic mass is 10.1. The molecule has 24 heavy (non-hydrogen) atoms. The molecule has 1 aliphatic rings. The van der Waals surface area contributed by atoms with E-state index in [9.17, 15) is 22.4 Å². The molecule has 1 amide bonds. The second kappa shape index (κ2) is 8.98. The number of alkyl halides is 3. The highest BCUT2D eigenvalue weighted by molar-refractivity contribution is 9.10. The van der Waals surface area contributed by atoms with E-state index in [2.05, 4.69) is 26.6 Å². The second-order valence-corrected chi connectivity index (χ2v) is 6.04. The fourth-order valence-electron chi connectivity index (χ4n) is 2.37. The zero-order chi connectivity index (χ0) is 17.0. The largest absolute Gasteiger partial charge is 0.405 e. The van der Waals surface area contributed by atoms with Crippen LogP contribution in [-0.4, -0.2) is 55.7 Å². The van der Waals surface area contributed by atoms with Crippen LogP contribution in [0.3, 0.4) is 0 Å². The number of nitrogens with one attached hydrogen (secondary N) is 2. The first-order valence-corrected chi connectivity index (χ1v) is 7.83. The molecule has 136 valence electrons. The third-order valence-electron chi connectivity index (χ3n) is 3.61. The Morgan fingerprint density at radius 2 is 1.96 bits per heavy atom. The van der Waals surface area contributed by atoms with Gasteiger partial charge in [0, 0.05) is 38.3 Å². The van der Waals surface area contributed by atoms with Crippen LogP contribution in [0.4, 0.5) is 17.6 Å². The fraction of sp³-hybridized carbons (Fsp3) is 0.500. The molecular formula is C14H17BrClF4N3O. The average molecular weight is 435 g/mol. The van der Waals surface area contributed by atoms with Crippen LogP contribution in [0.1, 0.15) is 10.4 Å². The molecule has 1 aliphatic heterocycles. The number of piperazine rings is 1. The van der Waals surface area contributed by atoms with Crippen LogP contribution in [0.2, 0.25) is 0 Å². The maximum atomic E-state index is 13.4. The van der Waals surface area contributed by atoms with Gasteiger partial charge >= 0.3 is 6.18 Å². The van der Waals surface area contributed by atoms with E-state index in [1.807, 2.05) is 0 Å². The summed E-state index contributed by atoms with van der Waals surface area (Å²) < 4.78 is 53.2. The Bertz CT molecular complexity index is 567. The van der Waals surface area contributed by atoms with Gasteiger partial charge in [0.1, 0.15) is 11.9 Å². The highest BCUT2D eigenvalue weighted by Gasteiger charge is 2.43. The van der Waals surface area contributed by atoms with Crippen molar-refractivity contribution in [3.8, 4) is 0 Å². The van der Waals surface area contributed by atoms with Gasteiger partial charge in [-0.25, -0.2) is 4.39 Å². The van der Waals surface area contributed by atoms with E-state index in [4.69, 9.17) is 0 Å². The first-order valence-electron chi connectivity index (χ1n) is 7.04. The van der Waals surface area contributed by atoms with Gasteiger partial charge in [0.05, 0.1) is 4.47 Å². The van der Waals surface area contributed by atoms with E-state index in [0.29, 0.717) is 13.1 Å². The molecule has 1 heterocycles. The van der Waals surface area contributed by atoms with Crippen LogP contribution in [0, 0.1) is 5.82 Å². The summed E-state index contributed by atoms with van der Waals surface area (Å²) in [5.41, 5.74) is -0.0214. The van der Waals surface area contributed by atoms with Crippen molar-refractivity contribution in [1.82, 2.24) is 15.5 Å². The Hall–Kier alpha value is -0.900. The Balaban J connectivity index is 0.00000288. The standard InChI is InChI=1S/C14H16BrF4N3O.ClH/c15-10-2-1-9(7-11(10)16)13(23)21-8-12(14(17,18)19)22-5-3-20-4-6-22;/h1-2,7,12,20H,3-6,8H2,(H,21,23);1H. The molecule has 1 aromatic rings. The monoisotopic (exact) mass is 433 g/mol. The van der Waals surface area contributed by atoms with Crippen molar-refractivity contribution in [2.45, 2.75) is 12.2 Å². The minimum Gasteiger partial charge on any atom is -0.350 e. The average Bonchev–Trinajstić information content (AvgIpc) is 2.49. The number of carbonyl (C=O) groups is 1. The predicted molar refractivity (Wildman–Crippen MR) is 88.0 cm³/mol. The van der Waals surface area contributed by atoms with Crippen molar-refractivity contribution >= 4 is 34.2 Å². The van der Waals surface area contributed by atoms with Crippen LogP contribution in [-0.2, 0) is 0 Å². The summed E-state index contributed by atoms with van der Waals surface area (Å²) in [4.78, 5) is 13.2. The molecule has 10 heteroatoms. The van der Waals surface area contributed by atoms with Crippen LogP contribution < -0.4 is 10.6 Å². The molecule has 0 spiro atoms. The van der Waals surface area contributed by atoms with Gasteiger partial charge in [-0.15, -0.1) is 12.4 Å². The van der Waals surface area contributed by atoms with Crippen molar-refractivity contribution in [2.75, 3.05) is 32.7 Å². The molecule has 4 nitrogen and oxygen atoms in total. The summed E-state index contributed by atoms with van der Waals surface area (Å²) in [6, 6.07) is 1.90. The topological polar surface area (TPSA) is 44.4 Å². The van der Waals surface area contributed by atoms with Crippen LogP contribution in [0.15, 0.2) is 22.7 Å². The number of hydrogen-bond donors (Lipinski definition) is 2. The van der Waals surface area contributed by atoms with Gasteiger partial charge in [0.25, 0.3) is 5.91 Å². The summed E-state index contributed by atoms with van der Waals surface area (Å²) >= 11 is 2.95. The highest BCUT2D eigenvalue weighted by Crippen LogP contribution is 2.25. The zero-order valence-electron chi connectivity index (χ0n) is 12.5. The molecule has 1 unspecified atom stereocenters. The van der Waals surface area contributed by atoms with E-state index in [1.54, 1.807) is 0 Å². The SMILES string of the molecule is Cl.O=C(NCC(N1CCNCC1)C(F)(F)F)c1ccc(Br)c(F)c1. The van der Waals surface area contributed by atoms with Crippen LogP contribution in [0.5, 0.6) is 0 Å². The van der Waals surface area contributed by atoms with Gasteiger partial charge in [-0.2, -0.15) is 13.2 Å². The van der Waals surface area contributed by atoms with E-state index in [1.165, 1.54) is 17.0 Å². The number of amides is 1. The molecule has 1 atom stereocenters. The lowest BCUT2D eigenvalue weighted by Gasteiger charge is -2.35. The van der Waals surface area contributed by atoms with E-state index in [-0.39, 0.29) is 35.5 Å². The number of hydrogen-bond acceptors (Lipinski definition) is 3. The quantitative estimate of drug-likeness (QED) is 0.716. The Morgan fingerprint density at radius 1 is 1.33 bits per heavy atom. The number of halogens is 6. The van der Waals surface area contributed by atoms with Gasteiger partial charge in [-0.1, -0.05) is 0 Å². The van der Waals surface area contributed by atoms with Gasteiger partial charge in [0.15, 0.2) is 0 Å². The lowest BCUT2D eigenvalue weighted by molar-refractivity contribution is -0.183. The smallest absolute Gasteiger partial charge is 0.350 e. The second-order valence-electron chi connectivity index (χ2n) is 5.18. The van der Waals surface area contributed by atoms with Crippen molar-refractivity contribution in [2.24, 2.45) is 0 Å². The maximum absolute atomic E-state index is 13.4. The Morgan fingerprint density at radius 3 is 2.50 bits per heavy atom. The summed E-state index contributed by atoms with van der Waals surface area (Å²) in [6.07, 6.45) is -4.45. The Kier molecular flexibility index (Phi) is 7.91. The maximum Gasteiger partial charge on any atom is 0.405 e. The molecule has 1 saturated heterocycles. The molecule has 2 N–H and O–H groups in total. The van der Waals surface area contributed by atoms with E-state index >= 15 is 0 Å². The van der Waals surface area contributed by atoms with Crippen LogP contribution >= 0.6 is 28.3 Å².